The number of likely N-dealkylation sites (N-methyl/N-ethyl adjacent to an activating group) is 1. The van der Waals surface area contributed by atoms with E-state index in [1.165, 1.54) is 0 Å². The van der Waals surface area contributed by atoms with Gasteiger partial charge in [0.2, 0.25) is 5.91 Å². The number of nitrogens with zero attached hydrogens (tertiary/aromatic N) is 1. The molecule has 0 saturated carbocycles. The zero-order valence-corrected chi connectivity index (χ0v) is 16.2. The third-order valence-electron chi connectivity index (χ3n) is 4.13. The van der Waals surface area contributed by atoms with Gasteiger partial charge in [0.05, 0.1) is 12.0 Å². The Kier molecular flexibility index (Phi) is 15.6. The highest BCUT2D eigenvalue weighted by Crippen LogP contribution is 2.29. The quantitative estimate of drug-likeness (QED) is 0.557. The molecule has 23 heavy (non-hydrogen) atoms. The minimum Gasteiger partial charge on any atom is -0.385 e. The van der Waals surface area contributed by atoms with Crippen molar-refractivity contribution in [3.63, 3.8) is 0 Å². The number of carbonyl (C=O) groups excluding carboxylic acids is 1. The van der Waals surface area contributed by atoms with E-state index < -0.39 is 0 Å². The lowest BCUT2D eigenvalue weighted by molar-refractivity contribution is -0.136. The van der Waals surface area contributed by atoms with Crippen LogP contribution in [-0.4, -0.2) is 78.0 Å². The summed E-state index contributed by atoms with van der Waals surface area (Å²) in [4.78, 5) is 14.7. The molecule has 0 aromatic carbocycles. The van der Waals surface area contributed by atoms with Gasteiger partial charge < -0.3 is 25.0 Å². The Morgan fingerprint density at radius 1 is 1.17 bits per heavy atom. The van der Waals surface area contributed by atoms with Crippen molar-refractivity contribution < 1.29 is 14.3 Å². The monoisotopic (exact) mass is 373 g/mol. The fraction of sp³-hybridized carbons (Fsp3) is 0.933. The lowest BCUT2D eigenvalue weighted by atomic mass is 9.78. The molecule has 140 valence electrons. The summed E-state index contributed by atoms with van der Waals surface area (Å²) in [5, 5.41) is 6.38. The van der Waals surface area contributed by atoms with Crippen LogP contribution in [0.5, 0.6) is 0 Å². The number of ether oxygens (including phenoxy) is 2. The molecule has 1 heterocycles. The number of amides is 1. The van der Waals surface area contributed by atoms with E-state index in [1.807, 2.05) is 0 Å². The van der Waals surface area contributed by atoms with Crippen molar-refractivity contribution in [2.24, 2.45) is 5.41 Å². The molecule has 0 spiro atoms. The molecule has 1 fully saturated rings. The van der Waals surface area contributed by atoms with Crippen molar-refractivity contribution in [1.82, 2.24) is 15.5 Å². The Balaban J connectivity index is 0. The summed E-state index contributed by atoms with van der Waals surface area (Å²) in [6.07, 6.45) is 2.70. The number of nitrogens with one attached hydrogen (secondary N) is 2. The number of piperidine rings is 1. The number of halogens is 2. The Bertz CT molecular complexity index is 298. The topological polar surface area (TPSA) is 62.8 Å². The third kappa shape index (κ3) is 9.08. The van der Waals surface area contributed by atoms with Gasteiger partial charge in [-0.1, -0.05) is 0 Å². The van der Waals surface area contributed by atoms with Crippen LogP contribution in [0.4, 0.5) is 0 Å². The van der Waals surface area contributed by atoms with Crippen molar-refractivity contribution >= 4 is 30.7 Å². The minimum absolute atomic E-state index is 0. The summed E-state index contributed by atoms with van der Waals surface area (Å²) in [7, 11) is 5.45. The molecule has 6 nitrogen and oxygen atoms in total. The van der Waals surface area contributed by atoms with Crippen LogP contribution in [0.3, 0.4) is 0 Å². The van der Waals surface area contributed by atoms with Gasteiger partial charge in [-0.3, -0.25) is 4.79 Å². The second kappa shape index (κ2) is 14.3. The van der Waals surface area contributed by atoms with Gasteiger partial charge in [0, 0.05) is 40.5 Å². The second-order valence-electron chi connectivity index (χ2n) is 5.87. The highest BCUT2D eigenvalue weighted by atomic mass is 35.5. The molecule has 0 aromatic heterocycles. The van der Waals surface area contributed by atoms with E-state index in [-0.39, 0.29) is 36.1 Å². The molecule has 0 atom stereocenters. The van der Waals surface area contributed by atoms with Crippen molar-refractivity contribution in [1.29, 1.82) is 0 Å². The predicted octanol–water partition coefficient (Wildman–Crippen LogP) is 0.931. The number of rotatable bonds is 10. The van der Waals surface area contributed by atoms with Crippen LogP contribution in [0.15, 0.2) is 0 Å². The van der Waals surface area contributed by atoms with Gasteiger partial charge in [-0.15, -0.1) is 24.8 Å². The molecule has 0 radical (unpaired) electrons. The summed E-state index contributed by atoms with van der Waals surface area (Å²) < 4.78 is 10.3. The number of carbonyl (C=O) groups is 1. The van der Waals surface area contributed by atoms with E-state index in [9.17, 15) is 4.79 Å². The Hall–Kier alpha value is -0.110. The van der Waals surface area contributed by atoms with Crippen LogP contribution in [0.2, 0.25) is 0 Å². The molecule has 1 aliphatic rings. The zero-order valence-electron chi connectivity index (χ0n) is 14.6. The smallest absolute Gasteiger partial charge is 0.228 e. The van der Waals surface area contributed by atoms with Crippen LogP contribution in [0, 0.1) is 5.41 Å². The molecule has 0 aromatic rings. The Labute approximate surface area is 152 Å². The molecule has 0 aliphatic carbocycles. The lowest BCUT2D eigenvalue weighted by Gasteiger charge is -2.35. The first-order valence-corrected chi connectivity index (χ1v) is 7.80. The SMILES string of the molecule is COCCCN(C)CCNC(=O)C1(COC)CCNCC1.Cl.Cl. The molecular weight excluding hydrogens is 341 g/mol. The molecule has 1 amide bonds. The first-order chi connectivity index (χ1) is 10.1. The highest BCUT2D eigenvalue weighted by molar-refractivity contribution is 5.85. The van der Waals surface area contributed by atoms with Crippen molar-refractivity contribution in [3.8, 4) is 0 Å². The van der Waals surface area contributed by atoms with Gasteiger partial charge in [-0.2, -0.15) is 0 Å². The summed E-state index contributed by atoms with van der Waals surface area (Å²) in [5.41, 5.74) is -0.353. The maximum Gasteiger partial charge on any atom is 0.228 e. The van der Waals surface area contributed by atoms with E-state index in [0.29, 0.717) is 13.2 Å². The Morgan fingerprint density at radius 3 is 2.39 bits per heavy atom. The molecule has 1 saturated heterocycles. The number of hydrogen-bond donors (Lipinski definition) is 2. The largest absolute Gasteiger partial charge is 0.385 e. The van der Waals surface area contributed by atoms with Crippen LogP contribution in [0.25, 0.3) is 0 Å². The molecule has 0 bridgehead atoms. The average molecular weight is 374 g/mol. The first kappa shape index (κ1) is 25.1. The zero-order chi connectivity index (χ0) is 15.6. The summed E-state index contributed by atoms with van der Waals surface area (Å²) in [5.74, 6) is 0.135. The van der Waals surface area contributed by atoms with Crippen molar-refractivity contribution in [3.05, 3.63) is 0 Å². The standard InChI is InChI=1S/C15H31N3O3.2ClH/c1-18(10-4-12-20-2)11-9-17-14(19)15(13-21-3)5-7-16-8-6-15;;/h16H,4-13H2,1-3H3,(H,17,19);2*1H. The van der Waals surface area contributed by atoms with Crippen LogP contribution < -0.4 is 10.6 Å². The first-order valence-electron chi connectivity index (χ1n) is 7.80. The summed E-state index contributed by atoms with van der Waals surface area (Å²) in [6, 6.07) is 0. The fourth-order valence-corrected chi connectivity index (χ4v) is 2.76. The van der Waals surface area contributed by atoms with E-state index in [2.05, 4.69) is 22.6 Å². The second-order valence-corrected chi connectivity index (χ2v) is 5.87. The molecule has 1 aliphatic heterocycles. The third-order valence-corrected chi connectivity index (χ3v) is 4.13. The van der Waals surface area contributed by atoms with E-state index in [1.54, 1.807) is 14.2 Å². The van der Waals surface area contributed by atoms with Gasteiger partial charge in [0.25, 0.3) is 0 Å². The van der Waals surface area contributed by atoms with Gasteiger partial charge in [0.1, 0.15) is 0 Å². The minimum atomic E-state index is -0.353. The van der Waals surface area contributed by atoms with Crippen LogP contribution in [0.1, 0.15) is 19.3 Å². The van der Waals surface area contributed by atoms with Gasteiger partial charge in [-0.25, -0.2) is 0 Å². The van der Waals surface area contributed by atoms with Gasteiger partial charge in [-0.05, 0) is 39.4 Å². The maximum absolute atomic E-state index is 12.5. The molecule has 8 heteroatoms. The van der Waals surface area contributed by atoms with Crippen LogP contribution >= 0.6 is 24.8 Å². The summed E-state index contributed by atoms with van der Waals surface area (Å²) >= 11 is 0. The van der Waals surface area contributed by atoms with Gasteiger partial charge >= 0.3 is 0 Å². The molecule has 2 N–H and O–H groups in total. The van der Waals surface area contributed by atoms with E-state index >= 15 is 0 Å². The molecule has 0 unspecified atom stereocenters. The van der Waals surface area contributed by atoms with Crippen molar-refractivity contribution in [2.45, 2.75) is 19.3 Å². The highest BCUT2D eigenvalue weighted by Gasteiger charge is 2.39. The van der Waals surface area contributed by atoms with E-state index in [4.69, 9.17) is 9.47 Å². The number of hydrogen-bond acceptors (Lipinski definition) is 5. The maximum atomic E-state index is 12.5. The fourth-order valence-electron chi connectivity index (χ4n) is 2.76. The van der Waals surface area contributed by atoms with Gasteiger partial charge in [0.15, 0.2) is 0 Å². The van der Waals surface area contributed by atoms with Crippen molar-refractivity contribution in [2.75, 3.05) is 67.2 Å². The predicted molar refractivity (Wildman–Crippen MR) is 97.9 cm³/mol. The normalized spacial score (nSPS) is 16.3. The Morgan fingerprint density at radius 2 is 1.83 bits per heavy atom. The summed E-state index contributed by atoms with van der Waals surface area (Å²) in [6.45, 7) is 5.57. The lowest BCUT2D eigenvalue weighted by Crippen LogP contribution is -2.51. The number of methoxy groups -OCH3 is 2. The average Bonchev–Trinajstić information content (AvgIpc) is 2.48. The molecule has 1 rings (SSSR count). The van der Waals surface area contributed by atoms with E-state index in [0.717, 1.165) is 52.0 Å². The van der Waals surface area contributed by atoms with Crippen LogP contribution in [-0.2, 0) is 14.3 Å². The molecular formula is C15H33Cl2N3O3.